The van der Waals surface area contributed by atoms with Crippen LogP contribution in [-0.2, 0) is 6.54 Å². The van der Waals surface area contributed by atoms with Gasteiger partial charge in [-0.15, -0.1) is 0 Å². The number of carbonyl (C=O) groups is 1. The predicted octanol–water partition coefficient (Wildman–Crippen LogP) is 3.95. The molecule has 2 aromatic rings. The molecule has 6 heteroatoms. The molecule has 1 heterocycles. The fraction of sp³-hybridized carbons (Fsp3) is 0.316. The van der Waals surface area contributed by atoms with Crippen LogP contribution < -0.4 is 5.73 Å². The van der Waals surface area contributed by atoms with E-state index in [1.54, 1.807) is 0 Å². The first-order valence-electron chi connectivity index (χ1n) is 8.13. The molecule has 3 rings (SSSR count). The van der Waals surface area contributed by atoms with Gasteiger partial charge >= 0.3 is 0 Å². The van der Waals surface area contributed by atoms with Crippen molar-refractivity contribution >= 4 is 16.8 Å². The summed E-state index contributed by atoms with van der Waals surface area (Å²) in [5, 5.41) is -1.12. The summed E-state index contributed by atoms with van der Waals surface area (Å²) in [5.74, 6) is -1.88. The summed E-state index contributed by atoms with van der Waals surface area (Å²) in [5.41, 5.74) is 6.57. The lowest BCUT2D eigenvalue weighted by Gasteiger charge is -2.29. The SMILES string of the molecule is NC1CCN(Cc2ccccc2)CC1.O=C(Cl)c1c(F)cccc1F. The van der Waals surface area contributed by atoms with Crippen LogP contribution in [0.15, 0.2) is 48.5 Å². The van der Waals surface area contributed by atoms with Gasteiger partial charge in [-0.25, -0.2) is 8.78 Å². The van der Waals surface area contributed by atoms with E-state index in [-0.39, 0.29) is 0 Å². The van der Waals surface area contributed by atoms with Gasteiger partial charge in [0, 0.05) is 12.6 Å². The van der Waals surface area contributed by atoms with Gasteiger partial charge in [0.25, 0.3) is 5.24 Å². The second kappa shape index (κ2) is 9.61. The Morgan fingerprint density at radius 3 is 2.08 bits per heavy atom. The van der Waals surface area contributed by atoms with E-state index in [9.17, 15) is 13.6 Å². The first-order valence-corrected chi connectivity index (χ1v) is 8.51. The number of rotatable bonds is 3. The normalized spacial score (nSPS) is 15.4. The molecule has 0 spiro atoms. The molecule has 0 aliphatic carbocycles. The van der Waals surface area contributed by atoms with Crippen molar-refractivity contribution in [2.45, 2.75) is 25.4 Å². The van der Waals surface area contributed by atoms with E-state index < -0.39 is 22.4 Å². The summed E-state index contributed by atoms with van der Waals surface area (Å²) in [6, 6.07) is 14.2. The van der Waals surface area contributed by atoms with E-state index in [1.807, 2.05) is 0 Å². The lowest BCUT2D eigenvalue weighted by Crippen LogP contribution is -2.39. The van der Waals surface area contributed by atoms with Gasteiger partial charge in [0.1, 0.15) is 17.2 Å². The van der Waals surface area contributed by atoms with E-state index in [2.05, 4.69) is 35.2 Å². The Hall–Kier alpha value is -1.82. The van der Waals surface area contributed by atoms with Crippen molar-refractivity contribution in [1.29, 1.82) is 0 Å². The second-order valence-corrected chi connectivity index (χ2v) is 6.31. The van der Waals surface area contributed by atoms with Gasteiger partial charge in [-0.1, -0.05) is 36.4 Å². The molecule has 0 amide bonds. The summed E-state index contributed by atoms with van der Waals surface area (Å²) < 4.78 is 25.1. The highest BCUT2D eigenvalue weighted by Crippen LogP contribution is 2.14. The highest BCUT2D eigenvalue weighted by atomic mass is 35.5. The highest BCUT2D eigenvalue weighted by molar-refractivity contribution is 6.67. The van der Waals surface area contributed by atoms with Gasteiger partial charge in [-0.2, -0.15) is 0 Å². The zero-order valence-electron chi connectivity index (χ0n) is 13.8. The minimum Gasteiger partial charge on any atom is -0.328 e. The van der Waals surface area contributed by atoms with E-state index in [0.29, 0.717) is 6.04 Å². The zero-order chi connectivity index (χ0) is 18.2. The Bertz CT molecular complexity index is 669. The molecule has 1 aliphatic rings. The number of hydrogen-bond acceptors (Lipinski definition) is 3. The van der Waals surface area contributed by atoms with Crippen molar-refractivity contribution in [2.75, 3.05) is 13.1 Å². The molecule has 1 saturated heterocycles. The first-order chi connectivity index (χ1) is 12.0. The number of benzene rings is 2. The van der Waals surface area contributed by atoms with Crippen molar-refractivity contribution in [1.82, 2.24) is 4.90 Å². The Morgan fingerprint density at radius 1 is 1.04 bits per heavy atom. The maximum atomic E-state index is 12.6. The fourth-order valence-corrected chi connectivity index (χ4v) is 2.82. The van der Waals surface area contributed by atoms with Gasteiger partial charge in [0.05, 0.1) is 0 Å². The molecule has 25 heavy (non-hydrogen) atoms. The van der Waals surface area contributed by atoms with E-state index in [0.717, 1.165) is 50.7 Å². The maximum absolute atomic E-state index is 12.6. The third-order valence-electron chi connectivity index (χ3n) is 4.04. The van der Waals surface area contributed by atoms with Gasteiger partial charge in [-0.05, 0) is 55.2 Å². The molecule has 2 aromatic carbocycles. The number of piperidine rings is 1. The summed E-state index contributed by atoms with van der Waals surface area (Å²) >= 11 is 4.89. The van der Waals surface area contributed by atoms with E-state index in [1.165, 1.54) is 5.56 Å². The van der Waals surface area contributed by atoms with Crippen molar-refractivity contribution < 1.29 is 13.6 Å². The topological polar surface area (TPSA) is 46.3 Å². The first kappa shape index (κ1) is 19.5. The molecule has 1 fully saturated rings. The van der Waals surface area contributed by atoms with E-state index in [4.69, 9.17) is 17.3 Å². The Morgan fingerprint density at radius 2 is 1.60 bits per heavy atom. The van der Waals surface area contributed by atoms with Crippen LogP contribution in [0.5, 0.6) is 0 Å². The van der Waals surface area contributed by atoms with Crippen LogP contribution in [0.1, 0.15) is 28.8 Å². The highest BCUT2D eigenvalue weighted by Gasteiger charge is 2.15. The predicted molar refractivity (Wildman–Crippen MR) is 95.5 cm³/mol. The second-order valence-electron chi connectivity index (χ2n) is 5.97. The molecule has 0 atom stereocenters. The minimum atomic E-state index is -1.12. The smallest absolute Gasteiger partial charge is 0.258 e. The lowest BCUT2D eigenvalue weighted by molar-refractivity contribution is 0.107. The summed E-state index contributed by atoms with van der Waals surface area (Å²) in [6.07, 6.45) is 2.29. The molecule has 3 nitrogen and oxygen atoms in total. The Labute approximate surface area is 151 Å². The van der Waals surface area contributed by atoms with Crippen LogP contribution >= 0.6 is 11.6 Å². The average molecular weight is 367 g/mol. The monoisotopic (exact) mass is 366 g/mol. The van der Waals surface area contributed by atoms with Crippen LogP contribution in [0.25, 0.3) is 0 Å². The molecule has 134 valence electrons. The van der Waals surface area contributed by atoms with Gasteiger partial charge in [0.2, 0.25) is 0 Å². The quantitative estimate of drug-likeness (QED) is 0.836. The number of likely N-dealkylation sites (tertiary alicyclic amines) is 1. The molecule has 0 aromatic heterocycles. The van der Waals surface area contributed by atoms with Gasteiger partial charge in [0.15, 0.2) is 0 Å². The molecular weight excluding hydrogens is 346 g/mol. The zero-order valence-corrected chi connectivity index (χ0v) is 14.6. The van der Waals surface area contributed by atoms with Crippen LogP contribution in [0.4, 0.5) is 8.78 Å². The molecule has 0 bridgehead atoms. The number of halogens is 3. The van der Waals surface area contributed by atoms with Crippen molar-refractivity contribution in [3.63, 3.8) is 0 Å². The largest absolute Gasteiger partial charge is 0.328 e. The number of nitrogens with two attached hydrogens (primary N) is 1. The molecule has 0 unspecified atom stereocenters. The third-order valence-corrected chi connectivity index (χ3v) is 4.23. The molecule has 2 N–H and O–H groups in total. The van der Waals surface area contributed by atoms with E-state index >= 15 is 0 Å². The number of hydrogen-bond donors (Lipinski definition) is 1. The van der Waals surface area contributed by atoms with Gasteiger partial charge < -0.3 is 5.73 Å². The van der Waals surface area contributed by atoms with Crippen LogP contribution in [0.3, 0.4) is 0 Å². The van der Waals surface area contributed by atoms with Crippen LogP contribution in [0.2, 0.25) is 0 Å². The molecule has 0 saturated carbocycles. The van der Waals surface area contributed by atoms with Crippen molar-refractivity contribution in [3.05, 3.63) is 71.3 Å². The van der Waals surface area contributed by atoms with Crippen LogP contribution in [-0.4, -0.2) is 29.3 Å². The van der Waals surface area contributed by atoms with Crippen molar-refractivity contribution in [2.24, 2.45) is 5.73 Å². The average Bonchev–Trinajstić information content (AvgIpc) is 2.58. The van der Waals surface area contributed by atoms with Gasteiger partial charge in [-0.3, -0.25) is 9.69 Å². The van der Waals surface area contributed by atoms with Crippen LogP contribution in [0, 0.1) is 11.6 Å². The third kappa shape index (κ3) is 6.20. The number of nitrogens with zero attached hydrogens (tertiary/aromatic N) is 1. The maximum Gasteiger partial charge on any atom is 0.258 e. The fourth-order valence-electron chi connectivity index (χ4n) is 2.64. The summed E-state index contributed by atoms with van der Waals surface area (Å²) in [4.78, 5) is 12.9. The minimum absolute atomic E-state index is 0.432. The summed E-state index contributed by atoms with van der Waals surface area (Å²) in [6.45, 7) is 3.37. The van der Waals surface area contributed by atoms with Crippen molar-refractivity contribution in [3.8, 4) is 0 Å². The molecule has 1 aliphatic heterocycles. The lowest BCUT2D eigenvalue weighted by atomic mass is 10.1. The molecule has 0 radical (unpaired) electrons. The molecular formula is C19H21ClF2N2O. The number of carbonyl (C=O) groups excluding carboxylic acids is 1. The Kier molecular flexibility index (Phi) is 7.50. The summed E-state index contributed by atoms with van der Waals surface area (Å²) in [7, 11) is 0. The Balaban J connectivity index is 0.000000186. The standard InChI is InChI=1S/C12H18N2.C7H3ClF2O/c13-12-6-8-14(9-7-12)10-11-4-2-1-3-5-11;8-7(11)6-4(9)2-1-3-5(6)10/h1-5,12H,6-10,13H2;1-3H.